The largest absolute Gasteiger partial charge is 0.345 e. The van der Waals surface area contributed by atoms with Gasteiger partial charge in [-0.15, -0.1) is 0 Å². The van der Waals surface area contributed by atoms with Gasteiger partial charge in [-0.05, 0) is 60.7 Å². The zero-order valence-electron chi connectivity index (χ0n) is 23.2. The average molecular weight is 521 g/mol. The number of aromatic nitrogens is 1. The summed E-state index contributed by atoms with van der Waals surface area (Å²) >= 11 is 0. The number of hydrogen-bond donors (Lipinski definition) is 2. The second-order valence-electron chi connectivity index (χ2n) is 10.8. The number of nitrogens with zero attached hydrogens (tertiary/aromatic N) is 2. The Hall–Kier alpha value is -4.45. The Morgan fingerprint density at radius 2 is 1.51 bits per heavy atom. The second-order valence-corrected chi connectivity index (χ2v) is 10.8. The molecule has 0 bridgehead atoms. The summed E-state index contributed by atoms with van der Waals surface area (Å²) in [4.78, 5) is 25.6. The van der Waals surface area contributed by atoms with Crippen LogP contribution in [0.1, 0.15) is 71.7 Å². The molecule has 6 heteroatoms. The molecule has 0 fully saturated rings. The smallest absolute Gasteiger partial charge is 0.251 e. The quantitative estimate of drug-likeness (QED) is 0.208. The van der Waals surface area contributed by atoms with Crippen molar-refractivity contribution >= 4 is 18.0 Å². The van der Waals surface area contributed by atoms with Crippen molar-refractivity contribution < 1.29 is 9.59 Å². The molecule has 39 heavy (non-hydrogen) atoms. The standard InChI is InChI=1S/C33H36N4O2/c1-23-20-27(24(2)37(23)29-18-16-28(17-19-29)33(3,4)5)22-34-36-31(38)21-30(25-12-8-6-9-13-25)35-32(39)26-14-10-7-11-15-26/h6-20,22,30H,21H2,1-5H3,(H,35,39)(H,36,38)/b34-22-/t30-/m0/s1. The molecule has 1 heterocycles. The summed E-state index contributed by atoms with van der Waals surface area (Å²) in [6, 6.07) is 28.6. The van der Waals surface area contributed by atoms with Gasteiger partial charge in [0, 0.05) is 28.2 Å². The number of aryl methyl sites for hydroxylation is 1. The van der Waals surface area contributed by atoms with Crippen LogP contribution in [-0.2, 0) is 10.2 Å². The van der Waals surface area contributed by atoms with Gasteiger partial charge in [-0.3, -0.25) is 9.59 Å². The van der Waals surface area contributed by atoms with Gasteiger partial charge in [0.15, 0.2) is 0 Å². The fourth-order valence-electron chi connectivity index (χ4n) is 4.60. The fourth-order valence-corrected chi connectivity index (χ4v) is 4.60. The molecule has 6 nitrogen and oxygen atoms in total. The van der Waals surface area contributed by atoms with Gasteiger partial charge >= 0.3 is 0 Å². The molecule has 0 radical (unpaired) electrons. The third-order valence-corrected chi connectivity index (χ3v) is 6.79. The lowest BCUT2D eigenvalue weighted by molar-refractivity contribution is -0.121. The van der Waals surface area contributed by atoms with Crippen LogP contribution in [0.3, 0.4) is 0 Å². The van der Waals surface area contributed by atoms with E-state index in [-0.39, 0.29) is 23.7 Å². The summed E-state index contributed by atoms with van der Waals surface area (Å²) < 4.78 is 2.18. The number of nitrogens with one attached hydrogen (secondary N) is 2. The van der Waals surface area contributed by atoms with Crippen LogP contribution in [0, 0.1) is 13.8 Å². The van der Waals surface area contributed by atoms with Crippen molar-refractivity contribution in [1.82, 2.24) is 15.3 Å². The van der Waals surface area contributed by atoms with Crippen LogP contribution in [-0.4, -0.2) is 22.6 Å². The Labute approximate surface area is 230 Å². The molecule has 3 aromatic carbocycles. The lowest BCUT2D eigenvalue weighted by Gasteiger charge is -2.20. The van der Waals surface area contributed by atoms with Gasteiger partial charge in [0.2, 0.25) is 5.91 Å². The molecule has 0 aliphatic heterocycles. The van der Waals surface area contributed by atoms with E-state index in [0.717, 1.165) is 28.2 Å². The topological polar surface area (TPSA) is 75.5 Å². The summed E-state index contributed by atoms with van der Waals surface area (Å²) in [5.74, 6) is -0.524. The summed E-state index contributed by atoms with van der Waals surface area (Å²) in [6.07, 6.45) is 1.72. The summed E-state index contributed by atoms with van der Waals surface area (Å²) in [7, 11) is 0. The van der Waals surface area contributed by atoms with Crippen molar-refractivity contribution in [3.8, 4) is 5.69 Å². The molecule has 200 valence electrons. The molecule has 4 aromatic rings. The minimum atomic E-state index is -0.491. The molecular weight excluding hydrogens is 484 g/mol. The van der Waals surface area contributed by atoms with Crippen LogP contribution in [0.15, 0.2) is 96.1 Å². The van der Waals surface area contributed by atoms with E-state index in [1.165, 1.54) is 5.56 Å². The Balaban J connectivity index is 1.44. The van der Waals surface area contributed by atoms with Crippen molar-refractivity contribution in [2.75, 3.05) is 0 Å². The Kier molecular flexibility index (Phi) is 8.45. The summed E-state index contributed by atoms with van der Waals surface area (Å²) in [5, 5.41) is 7.22. The van der Waals surface area contributed by atoms with Crippen LogP contribution in [0.25, 0.3) is 5.69 Å². The van der Waals surface area contributed by atoms with Crippen molar-refractivity contribution in [2.45, 2.75) is 52.5 Å². The Morgan fingerprint density at radius 1 is 0.897 bits per heavy atom. The molecule has 0 unspecified atom stereocenters. The first-order chi connectivity index (χ1) is 18.6. The SMILES string of the molecule is Cc1cc(/C=N\NC(=O)C[C@H](NC(=O)c2ccccc2)c2ccccc2)c(C)n1-c1ccc(C(C)(C)C)cc1. The zero-order chi connectivity index (χ0) is 28.0. The van der Waals surface area contributed by atoms with Gasteiger partial charge in [-0.1, -0.05) is 81.4 Å². The molecule has 1 atom stereocenters. The number of carbonyl (C=O) groups is 2. The highest BCUT2D eigenvalue weighted by atomic mass is 16.2. The van der Waals surface area contributed by atoms with Gasteiger partial charge in [-0.25, -0.2) is 5.43 Å². The Bertz CT molecular complexity index is 1450. The maximum absolute atomic E-state index is 12.8. The predicted octanol–water partition coefficient (Wildman–Crippen LogP) is 6.40. The maximum atomic E-state index is 12.8. The molecule has 4 rings (SSSR count). The molecule has 0 aliphatic rings. The van der Waals surface area contributed by atoms with Crippen LogP contribution in [0.2, 0.25) is 0 Å². The molecule has 2 amide bonds. The molecule has 2 N–H and O–H groups in total. The van der Waals surface area contributed by atoms with Crippen LogP contribution < -0.4 is 10.7 Å². The second kappa shape index (κ2) is 11.9. The van der Waals surface area contributed by atoms with E-state index in [9.17, 15) is 9.59 Å². The monoisotopic (exact) mass is 520 g/mol. The van der Waals surface area contributed by atoms with E-state index in [1.54, 1.807) is 18.3 Å². The van der Waals surface area contributed by atoms with Gasteiger partial charge in [0.05, 0.1) is 18.7 Å². The van der Waals surface area contributed by atoms with E-state index in [4.69, 9.17) is 0 Å². The number of benzene rings is 3. The number of hydrazone groups is 1. The lowest BCUT2D eigenvalue weighted by Crippen LogP contribution is -2.32. The fraction of sp³-hybridized carbons (Fsp3) is 0.242. The highest BCUT2D eigenvalue weighted by Gasteiger charge is 2.19. The van der Waals surface area contributed by atoms with Gasteiger partial charge in [-0.2, -0.15) is 5.10 Å². The first-order valence-electron chi connectivity index (χ1n) is 13.2. The van der Waals surface area contributed by atoms with E-state index >= 15 is 0 Å². The van der Waals surface area contributed by atoms with Crippen molar-refractivity contribution in [3.63, 3.8) is 0 Å². The van der Waals surface area contributed by atoms with Crippen molar-refractivity contribution in [1.29, 1.82) is 0 Å². The number of amides is 2. The molecular formula is C33H36N4O2. The predicted molar refractivity (Wildman–Crippen MR) is 157 cm³/mol. The van der Waals surface area contributed by atoms with Gasteiger partial charge in [0.25, 0.3) is 5.91 Å². The minimum absolute atomic E-state index is 0.0546. The van der Waals surface area contributed by atoms with E-state index in [2.05, 4.69) is 78.4 Å². The summed E-state index contributed by atoms with van der Waals surface area (Å²) in [6.45, 7) is 10.7. The van der Waals surface area contributed by atoms with Crippen LogP contribution >= 0.6 is 0 Å². The highest BCUT2D eigenvalue weighted by molar-refractivity contribution is 5.94. The lowest BCUT2D eigenvalue weighted by atomic mass is 9.87. The van der Waals surface area contributed by atoms with Crippen molar-refractivity contribution in [3.05, 3.63) is 125 Å². The number of carbonyl (C=O) groups excluding carboxylic acids is 2. The average Bonchev–Trinajstić information content (AvgIpc) is 3.21. The summed E-state index contributed by atoms with van der Waals surface area (Å²) in [5.41, 5.74) is 9.53. The normalized spacial score (nSPS) is 12.3. The molecule has 1 aromatic heterocycles. The maximum Gasteiger partial charge on any atom is 0.251 e. The van der Waals surface area contributed by atoms with Crippen molar-refractivity contribution in [2.24, 2.45) is 5.10 Å². The van der Waals surface area contributed by atoms with Gasteiger partial charge in [0.1, 0.15) is 0 Å². The number of rotatable bonds is 8. The van der Waals surface area contributed by atoms with Crippen LogP contribution in [0.4, 0.5) is 0 Å². The third kappa shape index (κ3) is 6.90. The van der Waals surface area contributed by atoms with E-state index in [0.29, 0.717) is 5.56 Å². The molecule has 0 aliphatic carbocycles. The van der Waals surface area contributed by atoms with E-state index in [1.807, 2.05) is 55.5 Å². The molecule has 0 saturated heterocycles. The Morgan fingerprint density at radius 3 is 2.13 bits per heavy atom. The zero-order valence-corrected chi connectivity index (χ0v) is 23.2. The molecule has 0 spiro atoms. The molecule has 0 saturated carbocycles. The third-order valence-electron chi connectivity index (χ3n) is 6.79. The van der Waals surface area contributed by atoms with E-state index < -0.39 is 6.04 Å². The minimum Gasteiger partial charge on any atom is -0.345 e. The van der Waals surface area contributed by atoms with Gasteiger partial charge < -0.3 is 9.88 Å². The van der Waals surface area contributed by atoms with Crippen LogP contribution in [0.5, 0.6) is 0 Å². The first-order valence-corrected chi connectivity index (χ1v) is 13.2. The highest BCUT2D eigenvalue weighted by Crippen LogP contribution is 2.25. The first kappa shape index (κ1) is 27.6. The number of hydrogen-bond acceptors (Lipinski definition) is 3.